The molecule has 2 aromatic carbocycles. The zero-order valence-corrected chi connectivity index (χ0v) is 19.7. The monoisotopic (exact) mass is 480 g/mol. The SMILES string of the molecule is COC(=O)c1ccc(Oc2coc3c4c(ccc3c2=O)OCN(CCCN2CCOCC2)C4)cc1. The largest absolute Gasteiger partial charge is 0.478 e. The summed E-state index contributed by atoms with van der Waals surface area (Å²) in [6, 6.07) is 9.88. The number of hydrogen-bond acceptors (Lipinski definition) is 9. The first-order valence-electron chi connectivity index (χ1n) is 11.7. The lowest BCUT2D eigenvalue weighted by Crippen LogP contribution is -2.39. The lowest BCUT2D eigenvalue weighted by molar-refractivity contribution is 0.0330. The number of carbonyl (C=O) groups is 1. The van der Waals surface area contributed by atoms with E-state index in [0.29, 0.717) is 35.6 Å². The number of morpholine rings is 1. The molecule has 0 amide bonds. The van der Waals surface area contributed by atoms with Crippen molar-refractivity contribution in [3.8, 4) is 17.2 Å². The van der Waals surface area contributed by atoms with Crippen LogP contribution >= 0.6 is 0 Å². The van der Waals surface area contributed by atoms with E-state index in [1.54, 1.807) is 30.3 Å². The van der Waals surface area contributed by atoms with Crippen LogP contribution in [0.3, 0.4) is 0 Å². The van der Waals surface area contributed by atoms with Crippen LogP contribution in [0.2, 0.25) is 0 Å². The molecule has 0 radical (unpaired) electrons. The number of hydrogen-bond donors (Lipinski definition) is 0. The van der Waals surface area contributed by atoms with Gasteiger partial charge in [-0.25, -0.2) is 4.79 Å². The molecule has 35 heavy (non-hydrogen) atoms. The maximum atomic E-state index is 13.1. The summed E-state index contributed by atoms with van der Waals surface area (Å²) in [5, 5.41) is 0.436. The fourth-order valence-corrected chi connectivity index (χ4v) is 4.40. The van der Waals surface area contributed by atoms with Gasteiger partial charge in [0.25, 0.3) is 0 Å². The highest BCUT2D eigenvalue weighted by molar-refractivity contribution is 5.89. The Kier molecular flexibility index (Phi) is 6.98. The summed E-state index contributed by atoms with van der Waals surface area (Å²) < 4.78 is 27.7. The first-order valence-corrected chi connectivity index (χ1v) is 11.7. The van der Waals surface area contributed by atoms with E-state index in [9.17, 15) is 9.59 Å². The zero-order chi connectivity index (χ0) is 24.2. The van der Waals surface area contributed by atoms with Crippen molar-refractivity contribution < 1.29 is 28.2 Å². The van der Waals surface area contributed by atoms with Crippen molar-refractivity contribution in [2.24, 2.45) is 0 Å². The summed E-state index contributed by atoms with van der Waals surface area (Å²) in [6.07, 6.45) is 2.36. The first-order chi connectivity index (χ1) is 17.1. The molecule has 1 aromatic heterocycles. The van der Waals surface area contributed by atoms with Crippen LogP contribution in [0.5, 0.6) is 17.2 Å². The minimum Gasteiger partial charge on any atom is -0.478 e. The summed E-state index contributed by atoms with van der Waals surface area (Å²) in [7, 11) is 1.32. The Morgan fingerprint density at radius 3 is 2.57 bits per heavy atom. The average Bonchev–Trinajstić information content (AvgIpc) is 2.90. The Morgan fingerprint density at radius 1 is 1.03 bits per heavy atom. The van der Waals surface area contributed by atoms with E-state index in [0.717, 1.165) is 57.1 Å². The molecule has 0 saturated carbocycles. The summed E-state index contributed by atoms with van der Waals surface area (Å²) in [4.78, 5) is 29.4. The third-order valence-corrected chi connectivity index (χ3v) is 6.31. The second-order valence-electron chi connectivity index (χ2n) is 8.60. The van der Waals surface area contributed by atoms with Gasteiger partial charge in [-0.3, -0.25) is 14.6 Å². The van der Waals surface area contributed by atoms with Crippen LogP contribution in [-0.4, -0.2) is 69.0 Å². The average molecular weight is 481 g/mol. The van der Waals surface area contributed by atoms with Crippen molar-refractivity contribution in [3.05, 3.63) is 64.0 Å². The molecule has 184 valence electrons. The van der Waals surface area contributed by atoms with E-state index in [-0.39, 0.29) is 11.2 Å². The summed E-state index contributed by atoms with van der Waals surface area (Å²) in [6.45, 7) is 6.64. The third kappa shape index (κ3) is 5.17. The van der Waals surface area contributed by atoms with E-state index >= 15 is 0 Å². The normalized spacial score (nSPS) is 16.5. The number of rotatable bonds is 7. The van der Waals surface area contributed by atoms with Gasteiger partial charge in [-0.2, -0.15) is 0 Å². The van der Waals surface area contributed by atoms with Gasteiger partial charge in [0, 0.05) is 26.2 Å². The van der Waals surface area contributed by atoms with Crippen LogP contribution in [0.4, 0.5) is 0 Å². The fraction of sp³-hybridized carbons (Fsp3) is 0.385. The summed E-state index contributed by atoms with van der Waals surface area (Å²) in [5.41, 5.74) is 1.51. The highest BCUT2D eigenvalue weighted by atomic mass is 16.5. The molecule has 9 heteroatoms. The molecule has 2 aliphatic rings. The van der Waals surface area contributed by atoms with Gasteiger partial charge in [-0.15, -0.1) is 0 Å². The quantitative estimate of drug-likeness (QED) is 0.473. The molecule has 0 unspecified atom stereocenters. The Bertz CT molecular complexity index is 1250. The maximum absolute atomic E-state index is 13.1. The molecule has 0 N–H and O–H groups in total. The lowest BCUT2D eigenvalue weighted by atomic mass is 10.1. The standard InChI is InChI=1S/C26H28N2O7/c1-31-26(30)18-3-5-19(6-4-18)35-23-16-33-25-20(24(23)29)7-8-22-21(25)15-28(17-34-22)10-2-9-27-11-13-32-14-12-27/h3-8,16H,2,9-15,17H2,1H3. The van der Waals surface area contributed by atoms with Crippen LogP contribution < -0.4 is 14.9 Å². The molecule has 0 bridgehead atoms. The molecule has 0 aliphatic carbocycles. The van der Waals surface area contributed by atoms with E-state index in [2.05, 4.69) is 9.80 Å². The highest BCUT2D eigenvalue weighted by Gasteiger charge is 2.23. The second kappa shape index (κ2) is 10.5. The van der Waals surface area contributed by atoms with Gasteiger partial charge in [0.2, 0.25) is 11.2 Å². The van der Waals surface area contributed by atoms with Crippen molar-refractivity contribution in [1.29, 1.82) is 0 Å². The minimum atomic E-state index is -0.441. The van der Waals surface area contributed by atoms with Gasteiger partial charge in [-0.05, 0) is 49.4 Å². The van der Waals surface area contributed by atoms with Crippen LogP contribution in [0, 0.1) is 0 Å². The molecular formula is C26H28N2O7. The molecule has 5 rings (SSSR count). The van der Waals surface area contributed by atoms with Crippen molar-refractivity contribution in [2.75, 3.05) is 53.2 Å². The highest BCUT2D eigenvalue weighted by Crippen LogP contribution is 2.32. The number of esters is 1. The van der Waals surface area contributed by atoms with Crippen molar-refractivity contribution in [2.45, 2.75) is 13.0 Å². The predicted molar refractivity (Wildman–Crippen MR) is 128 cm³/mol. The van der Waals surface area contributed by atoms with Gasteiger partial charge >= 0.3 is 5.97 Å². The van der Waals surface area contributed by atoms with Gasteiger partial charge < -0.3 is 23.4 Å². The predicted octanol–water partition coefficient (Wildman–Crippen LogP) is 3.25. The third-order valence-electron chi connectivity index (χ3n) is 6.31. The molecule has 0 spiro atoms. The second-order valence-corrected chi connectivity index (χ2v) is 8.60. The first kappa shape index (κ1) is 23.3. The summed E-state index contributed by atoms with van der Waals surface area (Å²) in [5.74, 6) is 0.778. The molecule has 1 fully saturated rings. The van der Waals surface area contributed by atoms with Crippen molar-refractivity contribution in [3.63, 3.8) is 0 Å². The number of benzene rings is 2. The Morgan fingerprint density at radius 2 is 1.80 bits per heavy atom. The van der Waals surface area contributed by atoms with Crippen LogP contribution in [0.1, 0.15) is 22.3 Å². The topological polar surface area (TPSA) is 90.7 Å². The van der Waals surface area contributed by atoms with Crippen molar-refractivity contribution in [1.82, 2.24) is 9.80 Å². The van der Waals surface area contributed by atoms with Crippen LogP contribution in [0.25, 0.3) is 11.0 Å². The fourth-order valence-electron chi connectivity index (χ4n) is 4.40. The summed E-state index contributed by atoms with van der Waals surface area (Å²) >= 11 is 0. The Hall–Kier alpha value is -3.40. The van der Waals surface area contributed by atoms with E-state index in [1.165, 1.54) is 13.4 Å². The van der Waals surface area contributed by atoms with Crippen LogP contribution in [-0.2, 0) is 16.0 Å². The lowest BCUT2D eigenvalue weighted by Gasteiger charge is -2.31. The van der Waals surface area contributed by atoms with Gasteiger partial charge in [-0.1, -0.05) is 0 Å². The number of carbonyl (C=O) groups excluding carboxylic acids is 1. The number of ether oxygens (including phenoxy) is 4. The molecule has 3 aromatic rings. The van der Waals surface area contributed by atoms with Gasteiger partial charge in [0.1, 0.15) is 30.1 Å². The smallest absolute Gasteiger partial charge is 0.337 e. The molecular weight excluding hydrogens is 452 g/mol. The Balaban J connectivity index is 1.29. The Labute approximate surface area is 202 Å². The number of nitrogens with zero attached hydrogens (tertiary/aromatic N) is 2. The maximum Gasteiger partial charge on any atom is 0.337 e. The van der Waals surface area contributed by atoms with Crippen molar-refractivity contribution >= 4 is 16.9 Å². The minimum absolute atomic E-state index is 0.0716. The van der Waals surface area contributed by atoms with E-state index in [1.807, 2.05) is 6.07 Å². The molecule has 0 atom stereocenters. The molecule has 1 saturated heterocycles. The van der Waals surface area contributed by atoms with E-state index < -0.39 is 5.97 Å². The van der Waals surface area contributed by atoms with Gasteiger partial charge in [0.15, 0.2) is 0 Å². The molecule has 2 aliphatic heterocycles. The molecule has 3 heterocycles. The zero-order valence-electron chi connectivity index (χ0n) is 19.7. The van der Waals surface area contributed by atoms with E-state index in [4.69, 9.17) is 23.4 Å². The molecule has 9 nitrogen and oxygen atoms in total. The van der Waals surface area contributed by atoms with Crippen LogP contribution in [0.15, 0.2) is 51.9 Å². The van der Waals surface area contributed by atoms with Gasteiger partial charge in [0.05, 0.1) is 36.8 Å². The number of fused-ring (bicyclic) bond motifs is 3. The number of methoxy groups -OCH3 is 1.